The molecule has 2 aliphatic rings. The zero-order valence-corrected chi connectivity index (χ0v) is 16.5. The van der Waals surface area contributed by atoms with Gasteiger partial charge >= 0.3 is 5.69 Å². The van der Waals surface area contributed by atoms with Crippen LogP contribution in [0.15, 0.2) is 15.7 Å². The molecule has 1 aromatic carbocycles. The van der Waals surface area contributed by atoms with Crippen LogP contribution in [0, 0.1) is 11.7 Å². The molecule has 8 nitrogen and oxygen atoms in total. The summed E-state index contributed by atoms with van der Waals surface area (Å²) in [6, 6.07) is 1.12. The van der Waals surface area contributed by atoms with Gasteiger partial charge in [-0.1, -0.05) is 0 Å². The van der Waals surface area contributed by atoms with Crippen LogP contribution >= 0.6 is 12.4 Å². The third-order valence-electron chi connectivity index (χ3n) is 5.57. The number of piperidine rings is 1. The van der Waals surface area contributed by atoms with E-state index in [9.17, 15) is 9.59 Å². The normalized spacial score (nSPS) is 19.5. The number of ether oxygens (including phenoxy) is 1. The maximum absolute atomic E-state index is 15.1. The van der Waals surface area contributed by atoms with Gasteiger partial charge in [-0.05, 0) is 44.2 Å². The molecule has 2 fully saturated rings. The Hall–Kier alpha value is -2.26. The van der Waals surface area contributed by atoms with E-state index in [4.69, 9.17) is 16.3 Å². The summed E-state index contributed by atoms with van der Waals surface area (Å²) in [4.78, 5) is 27.1. The molecular weight excluding hydrogens is 389 g/mol. The van der Waals surface area contributed by atoms with E-state index in [1.807, 2.05) is 4.90 Å². The molecule has 1 aliphatic heterocycles. The highest BCUT2D eigenvalue weighted by Crippen LogP contribution is 2.43. The van der Waals surface area contributed by atoms with E-state index in [2.05, 4.69) is 0 Å². The number of aromatic nitrogens is 2. The zero-order valence-electron chi connectivity index (χ0n) is 15.7. The van der Waals surface area contributed by atoms with E-state index in [1.54, 1.807) is 0 Å². The van der Waals surface area contributed by atoms with Crippen LogP contribution in [0.3, 0.4) is 0 Å². The Morgan fingerprint density at radius 3 is 2.61 bits per heavy atom. The number of rotatable bonds is 4. The minimum absolute atomic E-state index is 0. The molecule has 154 valence electrons. The van der Waals surface area contributed by atoms with Gasteiger partial charge in [0.15, 0.2) is 11.6 Å². The van der Waals surface area contributed by atoms with Crippen molar-refractivity contribution in [3.05, 3.63) is 32.7 Å². The molecule has 0 amide bonds. The molecular formula is C18H25ClFN5O3. The van der Waals surface area contributed by atoms with Gasteiger partial charge in [0.2, 0.25) is 0 Å². The number of benzene rings is 1. The first-order valence-electron chi connectivity index (χ1n) is 9.25. The van der Waals surface area contributed by atoms with Crippen LogP contribution < -0.4 is 32.5 Å². The van der Waals surface area contributed by atoms with Gasteiger partial charge in [-0.3, -0.25) is 9.36 Å². The van der Waals surface area contributed by atoms with Crippen molar-refractivity contribution >= 4 is 29.0 Å². The van der Waals surface area contributed by atoms with E-state index < -0.39 is 17.1 Å². The van der Waals surface area contributed by atoms with Gasteiger partial charge < -0.3 is 21.2 Å². The van der Waals surface area contributed by atoms with Crippen molar-refractivity contribution in [3.8, 4) is 5.75 Å². The van der Waals surface area contributed by atoms with Crippen molar-refractivity contribution < 1.29 is 9.13 Å². The molecule has 4 rings (SSSR count). The predicted molar refractivity (Wildman–Crippen MR) is 109 cm³/mol. The Morgan fingerprint density at radius 2 is 2.00 bits per heavy atom. The van der Waals surface area contributed by atoms with E-state index >= 15 is 4.39 Å². The standard InChI is InChI=1S/C18H24FN5O3.ClH/c1-27-16-14-12(17(25)24(21)18(26)23(14)11-4-5-11)7-13(19)15(16)22-6-2-3-10(8-20)9-22;/h7,10-11H,2-6,8-9,20-21H2,1H3;1H. The van der Waals surface area contributed by atoms with E-state index in [0.29, 0.717) is 29.8 Å². The number of anilines is 1. The summed E-state index contributed by atoms with van der Waals surface area (Å²) >= 11 is 0. The molecule has 10 heteroatoms. The molecule has 0 bridgehead atoms. The Balaban J connectivity index is 0.00000225. The number of hydrogen-bond donors (Lipinski definition) is 2. The molecule has 0 radical (unpaired) electrons. The number of nitrogens with two attached hydrogens (primary N) is 2. The first-order chi connectivity index (χ1) is 13.0. The summed E-state index contributed by atoms with van der Waals surface area (Å²) < 4.78 is 22.7. The number of methoxy groups -OCH3 is 1. The van der Waals surface area contributed by atoms with Gasteiger partial charge in [0.25, 0.3) is 5.56 Å². The van der Waals surface area contributed by atoms with Crippen LogP contribution in [0.4, 0.5) is 10.1 Å². The van der Waals surface area contributed by atoms with Crippen LogP contribution in [-0.4, -0.2) is 36.0 Å². The van der Waals surface area contributed by atoms with Gasteiger partial charge in [-0.15, -0.1) is 12.4 Å². The van der Waals surface area contributed by atoms with E-state index in [1.165, 1.54) is 17.7 Å². The average molecular weight is 414 g/mol. The summed E-state index contributed by atoms with van der Waals surface area (Å²) in [7, 11) is 1.43. The fourth-order valence-electron chi connectivity index (χ4n) is 4.06. The molecule has 0 spiro atoms. The summed E-state index contributed by atoms with van der Waals surface area (Å²) in [5.74, 6) is 5.57. The maximum Gasteiger partial charge on any atom is 0.350 e. The van der Waals surface area contributed by atoms with Crippen LogP contribution in [-0.2, 0) is 0 Å². The van der Waals surface area contributed by atoms with E-state index in [-0.39, 0.29) is 41.2 Å². The van der Waals surface area contributed by atoms with Crippen LogP contribution in [0.25, 0.3) is 10.9 Å². The lowest BCUT2D eigenvalue weighted by atomic mass is 9.97. The Labute approximate surface area is 167 Å². The topological polar surface area (TPSA) is 109 Å². The molecule has 1 saturated heterocycles. The fraction of sp³-hybridized carbons (Fsp3) is 0.556. The lowest BCUT2D eigenvalue weighted by Gasteiger charge is -2.35. The molecule has 1 unspecified atom stereocenters. The average Bonchev–Trinajstić information content (AvgIpc) is 3.51. The maximum atomic E-state index is 15.1. The van der Waals surface area contributed by atoms with E-state index in [0.717, 1.165) is 25.7 Å². The Kier molecular flexibility index (Phi) is 5.58. The van der Waals surface area contributed by atoms with Crippen LogP contribution in [0.5, 0.6) is 5.75 Å². The van der Waals surface area contributed by atoms with Gasteiger partial charge in [0.1, 0.15) is 11.2 Å². The Bertz CT molecular complexity index is 1020. The van der Waals surface area contributed by atoms with Crippen molar-refractivity contribution in [1.29, 1.82) is 0 Å². The van der Waals surface area contributed by atoms with Crippen LogP contribution in [0.1, 0.15) is 31.7 Å². The largest absolute Gasteiger partial charge is 0.492 e. The molecule has 28 heavy (non-hydrogen) atoms. The zero-order chi connectivity index (χ0) is 19.3. The van der Waals surface area contributed by atoms with Crippen molar-refractivity contribution in [3.63, 3.8) is 0 Å². The minimum atomic E-state index is -0.728. The third-order valence-corrected chi connectivity index (χ3v) is 5.57. The third kappa shape index (κ3) is 3.12. The molecule has 2 aromatic rings. The summed E-state index contributed by atoms with van der Waals surface area (Å²) in [6.07, 6.45) is 3.50. The van der Waals surface area contributed by atoms with Crippen LogP contribution in [0.2, 0.25) is 0 Å². The fourth-order valence-corrected chi connectivity index (χ4v) is 4.06. The molecule has 1 atom stereocenters. The minimum Gasteiger partial charge on any atom is -0.492 e. The second-order valence-corrected chi connectivity index (χ2v) is 7.39. The highest BCUT2D eigenvalue weighted by Gasteiger charge is 2.33. The predicted octanol–water partition coefficient (Wildman–Crippen LogP) is 0.956. The second-order valence-electron chi connectivity index (χ2n) is 7.39. The van der Waals surface area contributed by atoms with Crippen molar-refractivity contribution in [2.24, 2.45) is 11.7 Å². The summed E-state index contributed by atoms with van der Waals surface area (Å²) in [5, 5.41) is 0.0504. The van der Waals surface area contributed by atoms with Gasteiger partial charge in [0.05, 0.1) is 12.5 Å². The smallest absolute Gasteiger partial charge is 0.350 e. The molecule has 1 aliphatic carbocycles. The Morgan fingerprint density at radius 1 is 1.29 bits per heavy atom. The molecule has 2 heterocycles. The molecule has 1 saturated carbocycles. The molecule has 1 aromatic heterocycles. The summed E-state index contributed by atoms with van der Waals surface area (Å²) in [6.45, 7) is 1.80. The number of fused-ring (bicyclic) bond motifs is 1. The van der Waals surface area contributed by atoms with Crippen molar-refractivity contribution in [1.82, 2.24) is 9.24 Å². The first-order valence-corrected chi connectivity index (χ1v) is 9.25. The monoisotopic (exact) mass is 413 g/mol. The highest BCUT2D eigenvalue weighted by atomic mass is 35.5. The quantitative estimate of drug-likeness (QED) is 0.722. The van der Waals surface area contributed by atoms with Gasteiger partial charge in [-0.2, -0.15) is 4.68 Å². The number of nitrogens with zero attached hydrogens (tertiary/aromatic N) is 3. The van der Waals surface area contributed by atoms with Gasteiger partial charge in [0, 0.05) is 19.1 Å². The summed E-state index contributed by atoms with van der Waals surface area (Å²) in [5.41, 5.74) is 5.09. The molecule has 4 N–H and O–H groups in total. The lowest BCUT2D eigenvalue weighted by molar-refractivity contribution is 0.394. The lowest BCUT2D eigenvalue weighted by Crippen LogP contribution is -2.45. The van der Waals surface area contributed by atoms with Crippen molar-refractivity contribution in [2.75, 3.05) is 37.5 Å². The SMILES string of the molecule is COc1c(N2CCCC(CN)C2)c(F)cc2c(=O)n(N)c(=O)n(C3CC3)c12.Cl. The van der Waals surface area contributed by atoms with Gasteiger partial charge in [-0.25, -0.2) is 9.18 Å². The number of nitrogen functional groups attached to an aromatic ring is 1. The highest BCUT2D eigenvalue weighted by molar-refractivity contribution is 5.91. The second kappa shape index (κ2) is 7.63. The van der Waals surface area contributed by atoms with Crippen molar-refractivity contribution in [2.45, 2.75) is 31.7 Å². The first kappa shape index (κ1) is 20.5. The number of hydrogen-bond acceptors (Lipinski definition) is 6. The number of halogens is 2.